The van der Waals surface area contributed by atoms with E-state index in [1.807, 2.05) is 61.5 Å². The third kappa shape index (κ3) is 3.79. The van der Waals surface area contributed by atoms with Gasteiger partial charge in [0.25, 0.3) is 0 Å². The number of hydrogen-bond donors (Lipinski definition) is 0. The van der Waals surface area contributed by atoms with Crippen LogP contribution >= 0.6 is 7.60 Å². The molecule has 1 atom stereocenters. The van der Waals surface area contributed by atoms with Gasteiger partial charge < -0.3 is 9.05 Å². The van der Waals surface area contributed by atoms with Crippen LogP contribution in [0.5, 0.6) is 0 Å². The van der Waals surface area contributed by atoms with Crippen molar-refractivity contribution in [2.24, 2.45) is 0 Å². The number of hydrogen-bond acceptors (Lipinski definition) is 4. The molecule has 0 saturated heterocycles. The average Bonchev–Trinajstić information content (AvgIpc) is 2.39. The predicted octanol–water partition coefficient (Wildman–Crippen LogP) is 3.07. The van der Waals surface area contributed by atoms with E-state index >= 15 is 0 Å². The molecule has 0 bridgehead atoms. The molecule has 5 heteroatoms. The maximum absolute atomic E-state index is 12.4. The van der Waals surface area contributed by atoms with Gasteiger partial charge in [-0.15, -0.1) is 0 Å². The van der Waals surface area contributed by atoms with Crippen LogP contribution in [-0.2, 0) is 13.6 Å². The molecule has 0 aromatic heterocycles. The van der Waals surface area contributed by atoms with Gasteiger partial charge in [-0.25, -0.2) is 0 Å². The van der Waals surface area contributed by atoms with Crippen LogP contribution in [0.2, 0.25) is 0 Å². The first kappa shape index (κ1) is 15.1. The second-order valence-electron chi connectivity index (χ2n) is 4.05. The first-order chi connectivity index (χ1) is 8.53. The summed E-state index contributed by atoms with van der Waals surface area (Å²) in [5.74, 6) is -0.410. The van der Waals surface area contributed by atoms with Crippen LogP contribution in [0.3, 0.4) is 0 Å². The van der Waals surface area contributed by atoms with Crippen molar-refractivity contribution in [1.82, 2.24) is 4.90 Å². The highest BCUT2D eigenvalue weighted by atomic mass is 31.2. The normalized spacial score (nSPS) is 14.3. The van der Waals surface area contributed by atoms with E-state index in [0.29, 0.717) is 0 Å². The molecular formula is C13H20NO3P. The van der Waals surface area contributed by atoms with E-state index in [2.05, 4.69) is 0 Å². The number of likely N-dealkylation sites (N-methyl/N-ethyl adjacent to an activating group) is 1. The molecular weight excluding hydrogens is 249 g/mol. The highest BCUT2D eigenvalue weighted by Gasteiger charge is 2.33. The maximum Gasteiger partial charge on any atom is 0.351 e. The first-order valence-electron chi connectivity index (χ1n) is 5.64. The largest absolute Gasteiger partial charge is 0.351 e. The zero-order chi connectivity index (χ0) is 13.6. The zero-order valence-electron chi connectivity index (χ0n) is 11.2. The van der Waals surface area contributed by atoms with Crippen molar-refractivity contribution < 1.29 is 13.6 Å². The van der Waals surface area contributed by atoms with Crippen molar-refractivity contribution in [2.75, 3.05) is 28.3 Å². The Morgan fingerprint density at radius 2 is 1.72 bits per heavy atom. The molecule has 0 fully saturated rings. The SMILES string of the molecule is COP(=O)(OC)C(/C=C/c1ccccc1)N(C)C. The molecule has 0 saturated carbocycles. The second-order valence-corrected chi connectivity index (χ2v) is 6.39. The molecule has 18 heavy (non-hydrogen) atoms. The van der Waals surface area contributed by atoms with Gasteiger partial charge in [0.05, 0.1) is 0 Å². The van der Waals surface area contributed by atoms with E-state index in [9.17, 15) is 4.57 Å². The van der Waals surface area contributed by atoms with E-state index in [0.717, 1.165) is 5.56 Å². The van der Waals surface area contributed by atoms with Gasteiger partial charge in [0, 0.05) is 14.2 Å². The van der Waals surface area contributed by atoms with Crippen molar-refractivity contribution in [1.29, 1.82) is 0 Å². The summed E-state index contributed by atoms with van der Waals surface area (Å²) in [6.07, 6.45) is 3.75. The van der Waals surface area contributed by atoms with Crippen molar-refractivity contribution in [3.8, 4) is 0 Å². The lowest BCUT2D eigenvalue weighted by molar-refractivity contribution is 0.242. The summed E-state index contributed by atoms with van der Waals surface area (Å²) in [6, 6.07) is 9.82. The molecule has 0 aliphatic rings. The lowest BCUT2D eigenvalue weighted by atomic mass is 10.2. The summed E-state index contributed by atoms with van der Waals surface area (Å²) < 4.78 is 22.5. The Bertz CT molecular complexity index is 423. The fraction of sp³-hybridized carbons (Fsp3) is 0.385. The van der Waals surface area contributed by atoms with Crippen LogP contribution in [-0.4, -0.2) is 39.0 Å². The summed E-state index contributed by atoms with van der Waals surface area (Å²) >= 11 is 0. The van der Waals surface area contributed by atoms with E-state index in [1.165, 1.54) is 14.2 Å². The minimum Gasteiger partial charge on any atom is -0.311 e. The van der Waals surface area contributed by atoms with Gasteiger partial charge in [0.15, 0.2) is 0 Å². The molecule has 4 nitrogen and oxygen atoms in total. The summed E-state index contributed by atoms with van der Waals surface area (Å²) in [4.78, 5) is 1.81. The number of nitrogens with zero attached hydrogens (tertiary/aromatic N) is 1. The lowest BCUT2D eigenvalue weighted by Crippen LogP contribution is -2.27. The number of benzene rings is 1. The average molecular weight is 269 g/mol. The van der Waals surface area contributed by atoms with Crippen LogP contribution in [0.15, 0.2) is 36.4 Å². The molecule has 0 amide bonds. The van der Waals surface area contributed by atoms with Crippen LogP contribution in [0.4, 0.5) is 0 Å². The van der Waals surface area contributed by atoms with Gasteiger partial charge in [-0.05, 0) is 19.7 Å². The fourth-order valence-corrected chi connectivity index (χ4v) is 3.06. The maximum atomic E-state index is 12.4. The van der Waals surface area contributed by atoms with Crippen molar-refractivity contribution in [3.63, 3.8) is 0 Å². The Kier molecular flexibility index (Phi) is 5.76. The standard InChI is InChI=1S/C13H20NO3P/c1-14(2)13(18(15,16-3)17-4)11-10-12-8-6-5-7-9-12/h5-11,13H,1-4H3/b11-10+. The third-order valence-corrected chi connectivity index (χ3v) is 4.92. The summed E-state index contributed by atoms with van der Waals surface area (Å²) in [6.45, 7) is 0. The summed E-state index contributed by atoms with van der Waals surface area (Å²) in [7, 11) is 3.33. The van der Waals surface area contributed by atoms with Gasteiger partial charge >= 0.3 is 7.60 Å². The zero-order valence-corrected chi connectivity index (χ0v) is 12.1. The van der Waals surface area contributed by atoms with Crippen molar-refractivity contribution in [3.05, 3.63) is 42.0 Å². The van der Waals surface area contributed by atoms with E-state index in [4.69, 9.17) is 9.05 Å². The van der Waals surface area contributed by atoms with Crippen LogP contribution < -0.4 is 0 Å². The minimum atomic E-state index is -3.15. The monoisotopic (exact) mass is 269 g/mol. The van der Waals surface area contributed by atoms with Gasteiger partial charge in [-0.3, -0.25) is 9.46 Å². The topological polar surface area (TPSA) is 38.8 Å². The lowest BCUT2D eigenvalue weighted by Gasteiger charge is -2.27. The Labute approximate surface area is 109 Å². The Balaban J connectivity index is 2.95. The minimum absolute atomic E-state index is 0.410. The Morgan fingerprint density at radius 1 is 1.17 bits per heavy atom. The Hall–Kier alpha value is -0.930. The molecule has 0 aliphatic carbocycles. The fourth-order valence-electron chi connectivity index (χ4n) is 1.61. The molecule has 1 unspecified atom stereocenters. The smallest absolute Gasteiger partial charge is 0.311 e. The molecule has 1 rings (SSSR count). The number of rotatable bonds is 6. The van der Waals surface area contributed by atoms with Crippen LogP contribution in [0.1, 0.15) is 5.56 Å². The van der Waals surface area contributed by atoms with Gasteiger partial charge in [-0.2, -0.15) is 0 Å². The highest BCUT2D eigenvalue weighted by molar-refractivity contribution is 7.54. The van der Waals surface area contributed by atoms with Crippen LogP contribution in [0, 0.1) is 0 Å². The first-order valence-corrected chi connectivity index (χ1v) is 7.25. The van der Waals surface area contributed by atoms with E-state index in [-0.39, 0.29) is 0 Å². The van der Waals surface area contributed by atoms with Gasteiger partial charge in [0.2, 0.25) is 0 Å². The molecule has 0 radical (unpaired) electrons. The van der Waals surface area contributed by atoms with Crippen molar-refractivity contribution >= 4 is 13.7 Å². The highest BCUT2D eigenvalue weighted by Crippen LogP contribution is 2.52. The molecule has 1 aromatic rings. The van der Waals surface area contributed by atoms with Gasteiger partial charge in [0.1, 0.15) is 5.78 Å². The third-order valence-electron chi connectivity index (χ3n) is 2.62. The molecule has 100 valence electrons. The van der Waals surface area contributed by atoms with Gasteiger partial charge in [-0.1, -0.05) is 42.5 Å². The second kappa shape index (κ2) is 6.86. The quantitative estimate of drug-likeness (QED) is 0.744. The van der Waals surface area contributed by atoms with E-state index in [1.54, 1.807) is 0 Å². The molecule has 0 aliphatic heterocycles. The summed E-state index contributed by atoms with van der Waals surface area (Å²) in [5.41, 5.74) is 1.04. The predicted molar refractivity (Wildman–Crippen MR) is 74.6 cm³/mol. The molecule has 1 aromatic carbocycles. The van der Waals surface area contributed by atoms with E-state index < -0.39 is 13.4 Å². The summed E-state index contributed by atoms with van der Waals surface area (Å²) in [5, 5.41) is 0. The molecule has 0 spiro atoms. The van der Waals surface area contributed by atoms with Crippen molar-refractivity contribution in [2.45, 2.75) is 5.78 Å². The molecule has 0 heterocycles. The molecule has 0 N–H and O–H groups in total. The Morgan fingerprint density at radius 3 is 2.17 bits per heavy atom. The van der Waals surface area contributed by atoms with Crippen LogP contribution in [0.25, 0.3) is 6.08 Å².